The molecule has 3 aliphatic rings. The van der Waals surface area contributed by atoms with E-state index in [0.29, 0.717) is 26.1 Å². The Morgan fingerprint density at radius 2 is 1.92 bits per heavy atom. The van der Waals surface area contributed by atoms with Crippen molar-refractivity contribution in [3.8, 4) is 0 Å². The second-order valence-corrected chi connectivity index (χ2v) is 7.76. The summed E-state index contributed by atoms with van der Waals surface area (Å²) in [5.74, 6) is 0.234. The highest BCUT2D eigenvalue weighted by Gasteiger charge is 2.41. The van der Waals surface area contributed by atoms with Crippen LogP contribution in [0, 0.1) is 5.92 Å². The summed E-state index contributed by atoms with van der Waals surface area (Å²) in [7, 11) is 0. The number of amides is 2. The van der Waals surface area contributed by atoms with Crippen LogP contribution in [0.3, 0.4) is 0 Å². The van der Waals surface area contributed by atoms with E-state index in [4.69, 9.17) is 9.47 Å². The van der Waals surface area contributed by atoms with Gasteiger partial charge in [-0.3, -0.25) is 9.59 Å². The maximum absolute atomic E-state index is 13.1. The molecular weight excluding hydrogens is 336 g/mol. The van der Waals surface area contributed by atoms with Crippen LogP contribution in [0.5, 0.6) is 0 Å². The third-order valence-corrected chi connectivity index (χ3v) is 5.76. The van der Waals surface area contributed by atoms with Gasteiger partial charge in [-0.05, 0) is 32.6 Å². The van der Waals surface area contributed by atoms with E-state index in [-0.39, 0.29) is 42.6 Å². The molecule has 26 heavy (non-hydrogen) atoms. The maximum Gasteiger partial charge on any atom is 0.226 e. The number of aliphatic hydroxyl groups is 1. The fraction of sp³-hybridized carbons (Fsp3) is 0.895. The van der Waals surface area contributed by atoms with Crippen molar-refractivity contribution in [1.82, 2.24) is 10.2 Å². The molecule has 0 radical (unpaired) electrons. The molecule has 4 atom stereocenters. The van der Waals surface area contributed by atoms with Gasteiger partial charge in [-0.1, -0.05) is 12.8 Å². The largest absolute Gasteiger partial charge is 0.389 e. The van der Waals surface area contributed by atoms with E-state index < -0.39 is 6.10 Å². The molecular formula is C19H32N2O5. The van der Waals surface area contributed by atoms with Gasteiger partial charge in [-0.2, -0.15) is 0 Å². The minimum absolute atomic E-state index is 0.00276. The minimum atomic E-state index is -0.658. The molecule has 0 aromatic carbocycles. The van der Waals surface area contributed by atoms with Crippen molar-refractivity contribution in [2.75, 3.05) is 26.3 Å². The number of carbonyl (C=O) groups excluding carboxylic acids is 2. The minimum Gasteiger partial charge on any atom is -0.389 e. The van der Waals surface area contributed by atoms with E-state index in [1.165, 1.54) is 0 Å². The van der Waals surface area contributed by atoms with Crippen molar-refractivity contribution >= 4 is 11.8 Å². The van der Waals surface area contributed by atoms with E-state index in [2.05, 4.69) is 5.32 Å². The molecule has 0 aromatic rings. The first-order chi connectivity index (χ1) is 12.6. The lowest BCUT2D eigenvalue weighted by atomic mass is 9.93. The number of nitrogens with one attached hydrogen (secondary N) is 1. The van der Waals surface area contributed by atoms with Crippen molar-refractivity contribution in [3.05, 3.63) is 0 Å². The van der Waals surface area contributed by atoms with Gasteiger partial charge in [-0.15, -0.1) is 0 Å². The number of hydrogen-bond acceptors (Lipinski definition) is 5. The standard InChI is InChI=1S/C19H32N2O5/c1-2-20-18(23)9-15-7-8-16-17(26-15)12-25-11-14(22)10-21(16)19(24)13-5-3-4-6-13/h13-17,22H,2-12H2,1H3,(H,20,23)/t14-,15-,16+,17-/m1/s1. The van der Waals surface area contributed by atoms with Gasteiger partial charge in [0, 0.05) is 19.0 Å². The first kappa shape index (κ1) is 19.6. The molecule has 148 valence electrons. The second kappa shape index (κ2) is 9.15. The molecule has 2 heterocycles. The third-order valence-electron chi connectivity index (χ3n) is 5.76. The van der Waals surface area contributed by atoms with Gasteiger partial charge < -0.3 is 24.8 Å². The lowest BCUT2D eigenvalue weighted by Crippen LogP contribution is -2.58. The average Bonchev–Trinajstić information content (AvgIpc) is 3.13. The SMILES string of the molecule is CCNC(=O)C[C@H]1CC[C@H]2[C@@H](COC[C@H](O)CN2C(=O)C2CCCC2)O1. The normalized spacial score (nSPS) is 33.2. The maximum atomic E-state index is 13.1. The van der Waals surface area contributed by atoms with E-state index in [0.717, 1.165) is 38.5 Å². The summed E-state index contributed by atoms with van der Waals surface area (Å²) in [6, 6.07) is -0.0801. The Balaban J connectivity index is 1.67. The molecule has 1 saturated carbocycles. The summed E-state index contributed by atoms with van der Waals surface area (Å²) in [6.45, 7) is 3.38. The van der Waals surface area contributed by atoms with Crippen molar-refractivity contribution in [1.29, 1.82) is 0 Å². The molecule has 3 rings (SSSR count). The molecule has 0 bridgehead atoms. The van der Waals surface area contributed by atoms with Crippen molar-refractivity contribution < 1.29 is 24.2 Å². The summed E-state index contributed by atoms with van der Waals surface area (Å²) in [5.41, 5.74) is 0. The van der Waals surface area contributed by atoms with Gasteiger partial charge in [0.2, 0.25) is 11.8 Å². The molecule has 2 saturated heterocycles. The Kier molecular flexibility index (Phi) is 6.89. The number of ether oxygens (including phenoxy) is 2. The number of carbonyl (C=O) groups is 2. The molecule has 7 heteroatoms. The van der Waals surface area contributed by atoms with Gasteiger partial charge in [0.25, 0.3) is 0 Å². The highest BCUT2D eigenvalue weighted by Crippen LogP contribution is 2.32. The lowest BCUT2D eigenvalue weighted by Gasteiger charge is -2.45. The molecule has 1 aliphatic carbocycles. The van der Waals surface area contributed by atoms with Crippen LogP contribution in [0.4, 0.5) is 0 Å². The molecule has 0 aromatic heterocycles. The van der Waals surface area contributed by atoms with Gasteiger partial charge in [0.1, 0.15) is 6.10 Å². The monoisotopic (exact) mass is 368 g/mol. The zero-order chi connectivity index (χ0) is 18.5. The second-order valence-electron chi connectivity index (χ2n) is 7.76. The van der Waals surface area contributed by atoms with Crippen LogP contribution in [0.2, 0.25) is 0 Å². The highest BCUT2D eigenvalue weighted by atomic mass is 16.5. The summed E-state index contributed by atoms with van der Waals surface area (Å²) in [5, 5.41) is 13.0. The zero-order valence-electron chi connectivity index (χ0n) is 15.7. The predicted molar refractivity (Wildman–Crippen MR) is 95.5 cm³/mol. The first-order valence-corrected chi connectivity index (χ1v) is 10.1. The molecule has 2 aliphatic heterocycles. The van der Waals surface area contributed by atoms with Crippen molar-refractivity contribution in [2.45, 2.75) is 76.2 Å². The van der Waals surface area contributed by atoms with Gasteiger partial charge in [0.15, 0.2) is 0 Å². The van der Waals surface area contributed by atoms with Crippen LogP contribution in [-0.4, -0.2) is 72.5 Å². The zero-order valence-corrected chi connectivity index (χ0v) is 15.7. The van der Waals surface area contributed by atoms with Crippen LogP contribution in [0.1, 0.15) is 51.9 Å². The molecule has 2 amide bonds. The predicted octanol–water partition coefficient (Wildman–Crippen LogP) is 0.839. The van der Waals surface area contributed by atoms with Crippen LogP contribution in [-0.2, 0) is 19.1 Å². The van der Waals surface area contributed by atoms with Crippen LogP contribution < -0.4 is 5.32 Å². The Bertz CT molecular complexity index is 494. The molecule has 0 unspecified atom stereocenters. The van der Waals surface area contributed by atoms with E-state index in [1.54, 1.807) is 0 Å². The molecule has 0 spiro atoms. The van der Waals surface area contributed by atoms with Crippen LogP contribution in [0.25, 0.3) is 0 Å². The summed E-state index contributed by atoms with van der Waals surface area (Å²) in [6.07, 6.45) is 4.93. The fourth-order valence-corrected chi connectivity index (χ4v) is 4.48. The number of rotatable bonds is 4. The lowest BCUT2D eigenvalue weighted by molar-refractivity contribution is -0.171. The van der Waals surface area contributed by atoms with Gasteiger partial charge in [0.05, 0.1) is 37.9 Å². The topological polar surface area (TPSA) is 88.1 Å². The third kappa shape index (κ3) is 4.75. The quantitative estimate of drug-likeness (QED) is 0.768. The molecule has 3 fully saturated rings. The molecule has 7 nitrogen and oxygen atoms in total. The Hall–Kier alpha value is -1.18. The van der Waals surface area contributed by atoms with Crippen LogP contribution >= 0.6 is 0 Å². The Morgan fingerprint density at radius 3 is 2.65 bits per heavy atom. The Labute approximate surface area is 155 Å². The summed E-state index contributed by atoms with van der Waals surface area (Å²) in [4.78, 5) is 26.8. The van der Waals surface area contributed by atoms with E-state index >= 15 is 0 Å². The fourth-order valence-electron chi connectivity index (χ4n) is 4.48. The highest BCUT2D eigenvalue weighted by molar-refractivity contribution is 5.79. The number of β-amino-alcohol motifs (C(OH)–C–C–N with tert-alkyl or cyclic N) is 1. The smallest absolute Gasteiger partial charge is 0.226 e. The van der Waals surface area contributed by atoms with Crippen LogP contribution in [0.15, 0.2) is 0 Å². The average molecular weight is 368 g/mol. The van der Waals surface area contributed by atoms with Crippen molar-refractivity contribution in [2.24, 2.45) is 5.92 Å². The molecule has 2 N–H and O–H groups in total. The number of fused-ring (bicyclic) bond motifs is 1. The number of aliphatic hydroxyl groups excluding tert-OH is 1. The first-order valence-electron chi connectivity index (χ1n) is 10.1. The summed E-state index contributed by atoms with van der Waals surface area (Å²) < 4.78 is 11.8. The Morgan fingerprint density at radius 1 is 1.15 bits per heavy atom. The number of nitrogens with zero attached hydrogens (tertiary/aromatic N) is 1. The summed E-state index contributed by atoms with van der Waals surface area (Å²) >= 11 is 0. The van der Waals surface area contributed by atoms with E-state index in [1.807, 2.05) is 11.8 Å². The van der Waals surface area contributed by atoms with E-state index in [9.17, 15) is 14.7 Å². The van der Waals surface area contributed by atoms with Gasteiger partial charge in [-0.25, -0.2) is 0 Å². The van der Waals surface area contributed by atoms with Crippen molar-refractivity contribution in [3.63, 3.8) is 0 Å². The van der Waals surface area contributed by atoms with Gasteiger partial charge >= 0.3 is 0 Å². The number of hydrogen-bond donors (Lipinski definition) is 2.